The Bertz CT molecular complexity index is 907. The molecule has 2 amide bonds. The summed E-state index contributed by atoms with van der Waals surface area (Å²) in [6, 6.07) is 6.87. The summed E-state index contributed by atoms with van der Waals surface area (Å²) in [6.45, 7) is 0.144. The molecule has 0 atom stereocenters. The maximum atomic E-state index is 12.2. The van der Waals surface area contributed by atoms with Crippen LogP contribution in [0.25, 0.3) is 0 Å². The van der Waals surface area contributed by atoms with Gasteiger partial charge in [-0.2, -0.15) is 0 Å². The van der Waals surface area contributed by atoms with Crippen LogP contribution in [0.5, 0.6) is 0 Å². The lowest BCUT2D eigenvalue weighted by Gasteiger charge is -2.08. The molecule has 0 saturated heterocycles. The van der Waals surface area contributed by atoms with Crippen molar-refractivity contribution >= 4 is 55.0 Å². The van der Waals surface area contributed by atoms with E-state index in [2.05, 4.69) is 63.1 Å². The summed E-state index contributed by atoms with van der Waals surface area (Å²) in [5.74, 6) is -0.430. The van der Waals surface area contributed by atoms with Crippen LogP contribution in [-0.4, -0.2) is 52.5 Å². The van der Waals surface area contributed by atoms with E-state index < -0.39 is 0 Å². The first-order valence-electron chi connectivity index (χ1n) is 9.15. The van der Waals surface area contributed by atoms with Gasteiger partial charge in [-0.25, -0.2) is 9.36 Å². The number of rotatable bonds is 10. The summed E-state index contributed by atoms with van der Waals surface area (Å²) in [6.07, 6.45) is 5.00. The molecule has 0 spiro atoms. The van der Waals surface area contributed by atoms with E-state index in [4.69, 9.17) is 0 Å². The maximum Gasteiger partial charge on any atom is 0.246 e. The molecule has 10 nitrogen and oxygen atoms in total. The number of nitrogens with zero attached hydrogens (tertiary/aromatic N) is 6. The average Bonchev–Trinajstić information content (AvgIpc) is 3.33. The number of amides is 2. The maximum absolute atomic E-state index is 12.2. The number of anilines is 2. The fourth-order valence-corrected chi connectivity index (χ4v) is 3.40. The SMILES string of the molecule is O=C(Cn1cc(CCBr)nn1)Nc1ccc(NC(=O)Cn2cc(CCBr)nn2)cc1. The third-order valence-corrected chi connectivity index (χ3v) is 4.73. The molecular weight excluding hydrogens is 520 g/mol. The Morgan fingerprint density at radius 3 is 1.53 bits per heavy atom. The van der Waals surface area contributed by atoms with Crippen LogP contribution >= 0.6 is 31.9 Å². The fourth-order valence-electron chi connectivity index (χ4n) is 2.59. The van der Waals surface area contributed by atoms with E-state index >= 15 is 0 Å². The quantitative estimate of drug-likeness (QED) is 0.380. The summed E-state index contributed by atoms with van der Waals surface area (Å²) >= 11 is 6.69. The first-order valence-corrected chi connectivity index (χ1v) is 11.4. The van der Waals surface area contributed by atoms with E-state index in [-0.39, 0.29) is 24.9 Å². The van der Waals surface area contributed by atoms with Gasteiger partial charge in [-0.15, -0.1) is 10.2 Å². The van der Waals surface area contributed by atoms with Crippen molar-refractivity contribution in [3.05, 3.63) is 48.0 Å². The highest BCUT2D eigenvalue weighted by Gasteiger charge is 2.09. The van der Waals surface area contributed by atoms with Crippen molar-refractivity contribution in [2.45, 2.75) is 25.9 Å². The first-order chi connectivity index (χ1) is 14.6. The van der Waals surface area contributed by atoms with Crippen LogP contribution in [0, 0.1) is 0 Å². The molecule has 30 heavy (non-hydrogen) atoms. The smallest absolute Gasteiger partial charge is 0.246 e. The lowest BCUT2D eigenvalue weighted by atomic mass is 10.2. The molecule has 3 aromatic rings. The number of carbonyl (C=O) groups excluding carboxylic acids is 2. The van der Waals surface area contributed by atoms with Gasteiger partial charge in [0.05, 0.1) is 11.4 Å². The molecular formula is C18H20Br2N8O2. The van der Waals surface area contributed by atoms with Gasteiger partial charge in [-0.3, -0.25) is 9.59 Å². The first kappa shape index (κ1) is 22.1. The largest absolute Gasteiger partial charge is 0.324 e. The molecule has 1 aromatic carbocycles. The van der Waals surface area contributed by atoms with Crippen LogP contribution in [-0.2, 0) is 35.5 Å². The summed E-state index contributed by atoms with van der Waals surface area (Å²) in [5.41, 5.74) is 2.89. The zero-order valence-electron chi connectivity index (χ0n) is 16.0. The molecule has 0 radical (unpaired) electrons. The third kappa shape index (κ3) is 6.73. The molecule has 0 saturated carbocycles. The molecule has 12 heteroatoms. The van der Waals surface area contributed by atoms with Gasteiger partial charge < -0.3 is 10.6 Å². The number of hydrogen-bond donors (Lipinski definition) is 2. The van der Waals surface area contributed by atoms with Gasteiger partial charge in [-0.05, 0) is 24.3 Å². The van der Waals surface area contributed by atoms with Crippen molar-refractivity contribution in [3.8, 4) is 0 Å². The molecule has 0 fully saturated rings. The molecule has 2 heterocycles. The molecule has 158 valence electrons. The average molecular weight is 540 g/mol. The van der Waals surface area contributed by atoms with Gasteiger partial charge in [0, 0.05) is 47.3 Å². The number of alkyl halides is 2. The Morgan fingerprint density at radius 2 is 1.17 bits per heavy atom. The number of halogens is 2. The Morgan fingerprint density at radius 1 is 0.767 bits per heavy atom. The highest BCUT2D eigenvalue weighted by molar-refractivity contribution is 9.09. The molecule has 0 aliphatic carbocycles. The summed E-state index contributed by atoms with van der Waals surface area (Å²) in [4.78, 5) is 24.3. The third-order valence-electron chi connectivity index (χ3n) is 3.94. The van der Waals surface area contributed by atoms with Crippen LogP contribution < -0.4 is 10.6 Å². The van der Waals surface area contributed by atoms with Crippen molar-refractivity contribution in [3.63, 3.8) is 0 Å². The van der Waals surface area contributed by atoms with Crippen molar-refractivity contribution in [1.29, 1.82) is 0 Å². The lowest BCUT2D eigenvalue weighted by molar-refractivity contribution is -0.117. The van der Waals surface area contributed by atoms with E-state index in [0.29, 0.717) is 11.4 Å². The topological polar surface area (TPSA) is 120 Å². The van der Waals surface area contributed by atoms with Gasteiger partial charge in [0.1, 0.15) is 13.1 Å². The molecule has 2 aromatic heterocycles. The van der Waals surface area contributed by atoms with Gasteiger partial charge in [-0.1, -0.05) is 42.3 Å². The molecule has 0 bridgehead atoms. The standard InChI is InChI=1S/C18H20Br2N8O2/c19-7-5-15-9-27(25-23-15)11-17(29)21-13-1-2-14(4-3-13)22-18(30)12-28-10-16(6-8-20)24-26-28/h1-4,9-10H,5-8,11-12H2,(H,21,29)(H,22,30). The van der Waals surface area contributed by atoms with Crippen LogP contribution in [0.2, 0.25) is 0 Å². The van der Waals surface area contributed by atoms with Crippen molar-refractivity contribution in [2.24, 2.45) is 0 Å². The zero-order chi connectivity index (χ0) is 21.3. The van der Waals surface area contributed by atoms with Crippen LogP contribution in [0.4, 0.5) is 11.4 Å². The number of carbonyl (C=O) groups is 2. The molecule has 0 aliphatic heterocycles. The van der Waals surface area contributed by atoms with Crippen molar-refractivity contribution < 1.29 is 9.59 Å². The van der Waals surface area contributed by atoms with Crippen molar-refractivity contribution in [2.75, 3.05) is 21.3 Å². The predicted octanol–water partition coefficient (Wildman–Crippen LogP) is 2.02. The Kier molecular flexibility index (Phi) is 8.08. The van der Waals surface area contributed by atoms with E-state index in [1.54, 1.807) is 36.7 Å². The minimum Gasteiger partial charge on any atom is -0.324 e. The molecule has 3 rings (SSSR count). The number of nitrogens with one attached hydrogen (secondary N) is 2. The highest BCUT2D eigenvalue weighted by atomic mass is 79.9. The van der Waals surface area contributed by atoms with E-state index in [1.807, 2.05) is 0 Å². The Hall–Kier alpha value is -2.60. The molecule has 0 aliphatic rings. The summed E-state index contributed by atoms with van der Waals surface area (Å²) < 4.78 is 2.99. The van der Waals surface area contributed by atoms with Gasteiger partial charge in [0.2, 0.25) is 11.8 Å². The minimum absolute atomic E-state index is 0.0722. The van der Waals surface area contributed by atoms with E-state index in [1.165, 1.54) is 9.36 Å². The summed E-state index contributed by atoms with van der Waals surface area (Å²) in [7, 11) is 0. The van der Waals surface area contributed by atoms with Gasteiger partial charge in [0.15, 0.2) is 0 Å². The molecule has 2 N–H and O–H groups in total. The number of aryl methyl sites for hydroxylation is 2. The molecule has 0 unspecified atom stereocenters. The second kappa shape index (κ2) is 11.0. The predicted molar refractivity (Wildman–Crippen MR) is 119 cm³/mol. The monoisotopic (exact) mass is 538 g/mol. The minimum atomic E-state index is -0.215. The fraction of sp³-hybridized carbons (Fsp3) is 0.333. The van der Waals surface area contributed by atoms with Crippen LogP contribution in [0.3, 0.4) is 0 Å². The van der Waals surface area contributed by atoms with Crippen LogP contribution in [0.1, 0.15) is 11.4 Å². The van der Waals surface area contributed by atoms with Gasteiger partial charge >= 0.3 is 0 Å². The normalized spacial score (nSPS) is 10.7. The lowest BCUT2D eigenvalue weighted by Crippen LogP contribution is -2.20. The second-order valence-electron chi connectivity index (χ2n) is 6.37. The number of benzene rings is 1. The van der Waals surface area contributed by atoms with Crippen LogP contribution in [0.15, 0.2) is 36.7 Å². The second-order valence-corrected chi connectivity index (χ2v) is 7.95. The number of aromatic nitrogens is 6. The van der Waals surface area contributed by atoms with E-state index in [0.717, 1.165) is 34.9 Å². The zero-order valence-corrected chi connectivity index (χ0v) is 19.1. The van der Waals surface area contributed by atoms with E-state index in [9.17, 15) is 9.59 Å². The highest BCUT2D eigenvalue weighted by Crippen LogP contribution is 2.14. The Balaban J connectivity index is 1.47. The number of hydrogen-bond acceptors (Lipinski definition) is 6. The summed E-state index contributed by atoms with van der Waals surface area (Å²) in [5, 5.41) is 23.0. The van der Waals surface area contributed by atoms with Crippen molar-refractivity contribution in [1.82, 2.24) is 30.0 Å². The Labute approximate surface area is 189 Å². The van der Waals surface area contributed by atoms with Gasteiger partial charge in [0.25, 0.3) is 0 Å².